The maximum Gasteiger partial charge on any atom is 0.122 e. The van der Waals surface area contributed by atoms with Crippen LogP contribution in [0.5, 0.6) is 5.75 Å². The van der Waals surface area contributed by atoms with Crippen LogP contribution in [0.25, 0.3) is 0 Å². The highest BCUT2D eigenvalue weighted by atomic mass is 16.5. The zero-order chi connectivity index (χ0) is 14.5. The molecule has 3 nitrogen and oxygen atoms in total. The first-order chi connectivity index (χ1) is 10.4. The molecular weight excluding hydrogens is 262 g/mol. The molecule has 2 heterocycles. The average Bonchev–Trinajstić information content (AvgIpc) is 3.00. The van der Waals surface area contributed by atoms with Gasteiger partial charge in [0.15, 0.2) is 0 Å². The summed E-state index contributed by atoms with van der Waals surface area (Å²) in [6, 6.07) is 7.11. The fourth-order valence-corrected chi connectivity index (χ4v) is 3.37. The van der Waals surface area contributed by atoms with E-state index in [0.717, 1.165) is 44.8 Å². The first kappa shape index (κ1) is 14.9. The van der Waals surface area contributed by atoms with Gasteiger partial charge in [0.1, 0.15) is 5.75 Å². The summed E-state index contributed by atoms with van der Waals surface area (Å²) >= 11 is 0. The topological polar surface area (TPSA) is 30.5 Å². The van der Waals surface area contributed by atoms with Gasteiger partial charge in [-0.25, -0.2) is 0 Å². The monoisotopic (exact) mass is 289 g/mol. The third kappa shape index (κ3) is 3.78. The molecule has 1 saturated heterocycles. The predicted octanol–water partition coefficient (Wildman–Crippen LogP) is 3.62. The second-order valence-corrected chi connectivity index (χ2v) is 6.16. The third-order valence-corrected chi connectivity index (χ3v) is 4.66. The van der Waals surface area contributed by atoms with Crippen LogP contribution in [0.3, 0.4) is 0 Å². The summed E-state index contributed by atoms with van der Waals surface area (Å²) in [6.07, 6.45) is 7.56. The Labute approximate surface area is 128 Å². The number of benzene rings is 1. The summed E-state index contributed by atoms with van der Waals surface area (Å²) in [5.74, 6) is 1.07. The van der Waals surface area contributed by atoms with Crippen LogP contribution < -0.4 is 10.1 Å². The Morgan fingerprint density at radius 3 is 3.05 bits per heavy atom. The van der Waals surface area contributed by atoms with Crippen LogP contribution in [0.4, 0.5) is 0 Å². The highest BCUT2D eigenvalue weighted by Crippen LogP contribution is 2.29. The van der Waals surface area contributed by atoms with E-state index >= 15 is 0 Å². The molecular formula is C18H27NO2. The van der Waals surface area contributed by atoms with Crippen LogP contribution in [-0.4, -0.2) is 25.9 Å². The maximum atomic E-state index is 5.80. The molecule has 0 amide bonds. The Morgan fingerprint density at radius 2 is 2.24 bits per heavy atom. The molecule has 2 atom stereocenters. The van der Waals surface area contributed by atoms with Crippen molar-refractivity contribution in [3.63, 3.8) is 0 Å². The molecule has 0 radical (unpaired) electrons. The van der Waals surface area contributed by atoms with Crippen molar-refractivity contribution in [2.75, 3.05) is 19.8 Å². The Kier molecular flexibility index (Phi) is 5.15. The van der Waals surface area contributed by atoms with E-state index in [2.05, 4.69) is 30.4 Å². The molecule has 0 saturated carbocycles. The lowest BCUT2D eigenvalue weighted by atomic mass is 10.00. The van der Waals surface area contributed by atoms with Crippen molar-refractivity contribution >= 4 is 0 Å². The van der Waals surface area contributed by atoms with E-state index in [9.17, 15) is 0 Å². The van der Waals surface area contributed by atoms with Gasteiger partial charge in [0, 0.05) is 19.1 Å². The molecule has 3 rings (SSSR count). The molecule has 1 aromatic carbocycles. The van der Waals surface area contributed by atoms with Gasteiger partial charge in [0.2, 0.25) is 0 Å². The number of nitrogens with one attached hydrogen (secondary N) is 1. The van der Waals surface area contributed by atoms with E-state index in [1.807, 2.05) is 0 Å². The second-order valence-electron chi connectivity index (χ2n) is 6.16. The minimum absolute atomic E-state index is 0.444. The smallest absolute Gasteiger partial charge is 0.122 e. The van der Waals surface area contributed by atoms with Gasteiger partial charge in [0.25, 0.3) is 0 Å². The van der Waals surface area contributed by atoms with Gasteiger partial charge >= 0.3 is 0 Å². The van der Waals surface area contributed by atoms with Crippen LogP contribution in [-0.2, 0) is 11.2 Å². The summed E-state index contributed by atoms with van der Waals surface area (Å²) in [7, 11) is 0. The van der Waals surface area contributed by atoms with Crippen LogP contribution in [0.2, 0.25) is 0 Å². The van der Waals surface area contributed by atoms with Gasteiger partial charge in [-0.1, -0.05) is 19.1 Å². The van der Waals surface area contributed by atoms with Crippen molar-refractivity contribution < 1.29 is 9.47 Å². The maximum absolute atomic E-state index is 5.80. The lowest BCUT2D eigenvalue weighted by Gasteiger charge is -2.24. The third-order valence-electron chi connectivity index (χ3n) is 4.66. The molecule has 0 bridgehead atoms. The molecule has 0 aromatic heterocycles. The van der Waals surface area contributed by atoms with E-state index in [4.69, 9.17) is 9.47 Å². The van der Waals surface area contributed by atoms with E-state index in [-0.39, 0.29) is 0 Å². The zero-order valence-corrected chi connectivity index (χ0v) is 13.1. The Bertz CT molecular complexity index is 455. The average molecular weight is 289 g/mol. The van der Waals surface area contributed by atoms with E-state index < -0.39 is 0 Å². The van der Waals surface area contributed by atoms with Crippen LogP contribution in [0, 0.1) is 0 Å². The minimum Gasteiger partial charge on any atom is -0.493 e. The highest BCUT2D eigenvalue weighted by Gasteiger charge is 2.17. The molecule has 1 fully saturated rings. The molecule has 0 aliphatic carbocycles. The number of fused-ring (bicyclic) bond motifs is 1. The Balaban J connectivity index is 1.52. The van der Waals surface area contributed by atoms with Crippen LogP contribution in [0.15, 0.2) is 18.2 Å². The normalized spacial score (nSPS) is 22.6. The molecule has 2 unspecified atom stereocenters. The molecule has 2 aliphatic heterocycles. The standard InChI is InChI=1S/C18H27NO2/c1-2-17(19-10-8-16-5-3-4-11-20-16)14-6-7-18-15(13-14)9-12-21-18/h6-7,13,16-17,19H,2-5,8-12H2,1H3. The van der Waals surface area contributed by atoms with Crippen molar-refractivity contribution in [1.82, 2.24) is 5.32 Å². The van der Waals surface area contributed by atoms with Gasteiger partial charge in [0.05, 0.1) is 12.7 Å². The lowest BCUT2D eigenvalue weighted by molar-refractivity contribution is 0.0112. The summed E-state index contributed by atoms with van der Waals surface area (Å²) in [5, 5.41) is 3.70. The molecule has 2 aliphatic rings. The van der Waals surface area contributed by atoms with E-state index in [1.165, 1.54) is 30.4 Å². The van der Waals surface area contributed by atoms with Crippen LogP contribution in [0.1, 0.15) is 56.2 Å². The second kappa shape index (κ2) is 7.28. The summed E-state index contributed by atoms with van der Waals surface area (Å²) in [4.78, 5) is 0. The van der Waals surface area contributed by atoms with Gasteiger partial charge in [-0.05, 0) is 55.8 Å². The minimum atomic E-state index is 0.444. The van der Waals surface area contributed by atoms with Crippen molar-refractivity contribution in [2.45, 2.75) is 57.6 Å². The van der Waals surface area contributed by atoms with Gasteiger partial charge in [-0.15, -0.1) is 0 Å². The Hall–Kier alpha value is -1.06. The molecule has 1 aromatic rings. The summed E-state index contributed by atoms with van der Waals surface area (Å²) < 4.78 is 11.4. The first-order valence-corrected chi connectivity index (χ1v) is 8.47. The molecule has 116 valence electrons. The quantitative estimate of drug-likeness (QED) is 0.867. The SMILES string of the molecule is CCC(NCCC1CCCCO1)c1ccc2c(c1)CCO2. The fourth-order valence-electron chi connectivity index (χ4n) is 3.37. The van der Waals surface area contributed by atoms with E-state index in [0.29, 0.717) is 12.1 Å². The molecule has 3 heteroatoms. The highest BCUT2D eigenvalue weighted by molar-refractivity contribution is 5.40. The van der Waals surface area contributed by atoms with Crippen LogP contribution >= 0.6 is 0 Å². The van der Waals surface area contributed by atoms with Gasteiger partial charge < -0.3 is 14.8 Å². The fraction of sp³-hybridized carbons (Fsp3) is 0.667. The number of ether oxygens (including phenoxy) is 2. The predicted molar refractivity (Wildman–Crippen MR) is 84.9 cm³/mol. The van der Waals surface area contributed by atoms with E-state index in [1.54, 1.807) is 0 Å². The summed E-state index contributed by atoms with van der Waals surface area (Å²) in [5.41, 5.74) is 2.76. The van der Waals surface area contributed by atoms with Crippen molar-refractivity contribution in [3.05, 3.63) is 29.3 Å². The summed E-state index contributed by atoms with van der Waals surface area (Å²) in [6.45, 7) is 5.07. The molecule has 0 spiro atoms. The Morgan fingerprint density at radius 1 is 1.29 bits per heavy atom. The van der Waals surface area contributed by atoms with Gasteiger partial charge in [-0.3, -0.25) is 0 Å². The largest absolute Gasteiger partial charge is 0.493 e. The molecule has 21 heavy (non-hydrogen) atoms. The van der Waals surface area contributed by atoms with Gasteiger partial charge in [-0.2, -0.15) is 0 Å². The zero-order valence-electron chi connectivity index (χ0n) is 13.1. The first-order valence-electron chi connectivity index (χ1n) is 8.47. The number of rotatable bonds is 6. The van der Waals surface area contributed by atoms with Crippen molar-refractivity contribution in [2.24, 2.45) is 0 Å². The number of hydrogen-bond donors (Lipinski definition) is 1. The van der Waals surface area contributed by atoms with Crippen molar-refractivity contribution in [3.8, 4) is 5.75 Å². The lowest BCUT2D eigenvalue weighted by Crippen LogP contribution is -2.27. The van der Waals surface area contributed by atoms with Crippen molar-refractivity contribution in [1.29, 1.82) is 0 Å². The molecule has 1 N–H and O–H groups in total. The number of hydrogen-bond acceptors (Lipinski definition) is 3.